The van der Waals surface area contributed by atoms with Gasteiger partial charge in [-0.2, -0.15) is 0 Å². The van der Waals surface area contributed by atoms with Crippen LogP contribution in [0.3, 0.4) is 0 Å². The lowest BCUT2D eigenvalue weighted by molar-refractivity contribution is 0.372. The van der Waals surface area contributed by atoms with E-state index in [2.05, 4.69) is 33.0 Å². The van der Waals surface area contributed by atoms with Crippen molar-refractivity contribution in [3.05, 3.63) is 35.6 Å². The van der Waals surface area contributed by atoms with Crippen LogP contribution in [0.1, 0.15) is 33.3 Å². The second kappa shape index (κ2) is 6.00. The summed E-state index contributed by atoms with van der Waals surface area (Å²) in [6.45, 7) is 8.74. The summed E-state index contributed by atoms with van der Waals surface area (Å²) in [5.41, 5.74) is 1.20. The van der Waals surface area contributed by atoms with Gasteiger partial charge in [0.05, 0.1) is 0 Å². The Labute approximate surface area is 98.1 Å². The summed E-state index contributed by atoms with van der Waals surface area (Å²) in [6, 6.07) is 7.78. The Bertz CT molecular complexity index is 305. The zero-order valence-electron chi connectivity index (χ0n) is 10.6. The molecule has 0 heterocycles. The molecule has 2 atom stereocenters. The topological polar surface area (TPSA) is 12.0 Å². The fraction of sp³-hybridized carbons (Fsp3) is 0.571. The van der Waals surface area contributed by atoms with Gasteiger partial charge in [0.15, 0.2) is 0 Å². The number of hydrogen-bond donors (Lipinski definition) is 1. The molecule has 0 fully saturated rings. The Hall–Kier alpha value is -0.890. The molecule has 1 aromatic rings. The molecule has 0 saturated heterocycles. The molecule has 0 spiro atoms. The molecule has 0 saturated carbocycles. The third-order valence-electron chi connectivity index (χ3n) is 2.92. The molecular formula is C14H22FN. The number of halogens is 1. The molecule has 0 amide bonds. The van der Waals surface area contributed by atoms with E-state index in [0.29, 0.717) is 18.0 Å². The number of rotatable bonds is 5. The second-order valence-corrected chi connectivity index (χ2v) is 4.92. The lowest BCUT2D eigenvalue weighted by atomic mass is 9.94. The minimum atomic E-state index is -0.162. The summed E-state index contributed by atoms with van der Waals surface area (Å²) in [5, 5.41) is 3.50. The Kier molecular flexibility index (Phi) is 4.94. The monoisotopic (exact) mass is 223 g/mol. The molecule has 0 aliphatic heterocycles. The molecule has 0 aromatic heterocycles. The summed E-state index contributed by atoms with van der Waals surface area (Å²) in [6.07, 6.45) is 0.987. The Morgan fingerprint density at radius 3 is 2.12 bits per heavy atom. The van der Waals surface area contributed by atoms with E-state index in [0.717, 1.165) is 6.42 Å². The van der Waals surface area contributed by atoms with Crippen LogP contribution in [0.25, 0.3) is 0 Å². The van der Waals surface area contributed by atoms with Gasteiger partial charge in [-0.1, -0.05) is 32.9 Å². The van der Waals surface area contributed by atoms with Crippen LogP contribution >= 0.6 is 0 Å². The van der Waals surface area contributed by atoms with Crippen LogP contribution in [0.5, 0.6) is 0 Å². The van der Waals surface area contributed by atoms with Crippen LogP contribution in [0.15, 0.2) is 24.3 Å². The van der Waals surface area contributed by atoms with Gasteiger partial charge in [-0.15, -0.1) is 0 Å². The molecule has 1 rings (SSSR count). The standard InChI is InChI=1S/C14H22FN/c1-10(2)16-12(4)11(3)9-13-5-7-14(15)8-6-13/h5-8,10-12,16H,9H2,1-4H3. The Morgan fingerprint density at radius 2 is 1.62 bits per heavy atom. The van der Waals surface area contributed by atoms with E-state index < -0.39 is 0 Å². The predicted molar refractivity (Wildman–Crippen MR) is 67.0 cm³/mol. The molecule has 16 heavy (non-hydrogen) atoms. The zero-order chi connectivity index (χ0) is 12.1. The van der Waals surface area contributed by atoms with E-state index in [1.807, 2.05) is 12.1 Å². The molecule has 1 nitrogen and oxygen atoms in total. The van der Waals surface area contributed by atoms with E-state index in [-0.39, 0.29) is 5.82 Å². The van der Waals surface area contributed by atoms with Crippen molar-refractivity contribution in [2.45, 2.75) is 46.2 Å². The zero-order valence-corrected chi connectivity index (χ0v) is 10.6. The van der Waals surface area contributed by atoms with E-state index in [4.69, 9.17) is 0 Å². The first kappa shape index (κ1) is 13.2. The normalized spacial score (nSPS) is 15.1. The average molecular weight is 223 g/mol. The summed E-state index contributed by atoms with van der Waals surface area (Å²) in [7, 11) is 0. The molecule has 90 valence electrons. The molecule has 0 bridgehead atoms. The van der Waals surface area contributed by atoms with Gasteiger partial charge in [-0.25, -0.2) is 4.39 Å². The van der Waals surface area contributed by atoms with Crippen molar-refractivity contribution >= 4 is 0 Å². The van der Waals surface area contributed by atoms with E-state index >= 15 is 0 Å². The Morgan fingerprint density at radius 1 is 1.06 bits per heavy atom. The Balaban J connectivity index is 2.50. The molecule has 2 unspecified atom stereocenters. The van der Waals surface area contributed by atoms with Crippen molar-refractivity contribution in [2.24, 2.45) is 5.92 Å². The van der Waals surface area contributed by atoms with Gasteiger partial charge in [0.1, 0.15) is 5.82 Å². The average Bonchev–Trinajstić information content (AvgIpc) is 2.20. The smallest absolute Gasteiger partial charge is 0.123 e. The van der Waals surface area contributed by atoms with Crippen LogP contribution in [0.2, 0.25) is 0 Å². The van der Waals surface area contributed by atoms with Gasteiger partial charge in [0, 0.05) is 12.1 Å². The number of benzene rings is 1. The maximum atomic E-state index is 12.7. The SMILES string of the molecule is CC(C)NC(C)C(C)Cc1ccc(F)cc1. The lowest BCUT2D eigenvalue weighted by Gasteiger charge is -2.23. The largest absolute Gasteiger partial charge is 0.312 e. The highest BCUT2D eigenvalue weighted by molar-refractivity contribution is 5.16. The predicted octanol–water partition coefficient (Wildman–Crippen LogP) is 3.39. The van der Waals surface area contributed by atoms with Crippen LogP contribution < -0.4 is 5.32 Å². The highest BCUT2D eigenvalue weighted by Gasteiger charge is 2.13. The maximum absolute atomic E-state index is 12.7. The first-order valence-electron chi connectivity index (χ1n) is 5.99. The van der Waals surface area contributed by atoms with E-state index in [1.165, 1.54) is 17.7 Å². The molecule has 1 N–H and O–H groups in total. The fourth-order valence-electron chi connectivity index (χ4n) is 1.86. The van der Waals surface area contributed by atoms with E-state index in [1.54, 1.807) is 0 Å². The molecule has 1 aromatic carbocycles. The lowest BCUT2D eigenvalue weighted by Crippen LogP contribution is -2.37. The number of nitrogens with one attached hydrogen (secondary N) is 1. The van der Waals surface area contributed by atoms with Crippen molar-refractivity contribution < 1.29 is 4.39 Å². The first-order valence-corrected chi connectivity index (χ1v) is 5.99. The maximum Gasteiger partial charge on any atom is 0.123 e. The number of hydrogen-bond acceptors (Lipinski definition) is 1. The van der Waals surface area contributed by atoms with Gasteiger partial charge >= 0.3 is 0 Å². The second-order valence-electron chi connectivity index (χ2n) is 4.92. The molecular weight excluding hydrogens is 201 g/mol. The van der Waals surface area contributed by atoms with Gasteiger partial charge in [0.25, 0.3) is 0 Å². The van der Waals surface area contributed by atoms with Crippen LogP contribution in [-0.2, 0) is 6.42 Å². The molecule has 0 aliphatic rings. The van der Waals surface area contributed by atoms with Crippen molar-refractivity contribution in [3.63, 3.8) is 0 Å². The fourth-order valence-corrected chi connectivity index (χ4v) is 1.86. The summed E-state index contributed by atoms with van der Waals surface area (Å²) in [4.78, 5) is 0. The van der Waals surface area contributed by atoms with Crippen LogP contribution in [0, 0.1) is 11.7 Å². The first-order chi connectivity index (χ1) is 7.49. The van der Waals surface area contributed by atoms with E-state index in [9.17, 15) is 4.39 Å². The molecule has 0 radical (unpaired) electrons. The van der Waals surface area contributed by atoms with Crippen LogP contribution in [-0.4, -0.2) is 12.1 Å². The highest BCUT2D eigenvalue weighted by Crippen LogP contribution is 2.13. The minimum absolute atomic E-state index is 0.162. The summed E-state index contributed by atoms with van der Waals surface area (Å²) >= 11 is 0. The quantitative estimate of drug-likeness (QED) is 0.806. The molecule has 0 aliphatic carbocycles. The van der Waals surface area contributed by atoms with Gasteiger partial charge in [-0.05, 0) is 37.0 Å². The van der Waals surface area contributed by atoms with Gasteiger partial charge < -0.3 is 5.32 Å². The minimum Gasteiger partial charge on any atom is -0.312 e. The van der Waals surface area contributed by atoms with Crippen molar-refractivity contribution in [1.82, 2.24) is 5.32 Å². The van der Waals surface area contributed by atoms with Crippen molar-refractivity contribution in [3.8, 4) is 0 Å². The summed E-state index contributed by atoms with van der Waals surface area (Å²) in [5.74, 6) is 0.387. The van der Waals surface area contributed by atoms with Crippen LogP contribution in [0.4, 0.5) is 4.39 Å². The van der Waals surface area contributed by atoms with Crippen molar-refractivity contribution in [1.29, 1.82) is 0 Å². The van der Waals surface area contributed by atoms with Crippen molar-refractivity contribution in [2.75, 3.05) is 0 Å². The molecule has 2 heteroatoms. The van der Waals surface area contributed by atoms with Gasteiger partial charge in [-0.3, -0.25) is 0 Å². The van der Waals surface area contributed by atoms with Gasteiger partial charge in [0.2, 0.25) is 0 Å². The third kappa shape index (κ3) is 4.31. The summed E-state index contributed by atoms with van der Waals surface area (Å²) < 4.78 is 12.7. The highest BCUT2D eigenvalue weighted by atomic mass is 19.1. The third-order valence-corrected chi connectivity index (χ3v) is 2.92.